The van der Waals surface area contributed by atoms with Crippen molar-refractivity contribution in [2.24, 2.45) is 0 Å². The second-order valence-electron chi connectivity index (χ2n) is 4.00. The highest BCUT2D eigenvalue weighted by Crippen LogP contribution is 2.30. The first-order valence-corrected chi connectivity index (χ1v) is 7.39. The molecule has 0 saturated carbocycles. The van der Waals surface area contributed by atoms with Crippen molar-refractivity contribution in [3.8, 4) is 5.75 Å². The zero-order valence-electron chi connectivity index (χ0n) is 11.5. The third-order valence-electron chi connectivity index (χ3n) is 2.49. The van der Waals surface area contributed by atoms with Crippen LogP contribution in [-0.4, -0.2) is 33.5 Å². The molecule has 0 heterocycles. The number of carbonyl (C=O) groups excluding carboxylic acids is 1. The number of nitrogens with zero attached hydrogens (tertiary/aromatic N) is 1. The first-order valence-electron chi connectivity index (χ1n) is 5.85. The van der Waals surface area contributed by atoms with Gasteiger partial charge in [-0.1, -0.05) is 34.8 Å². The first kappa shape index (κ1) is 19.5. The molecule has 0 aliphatic heterocycles. The number of halogens is 3. The number of nitro benzene ring substituents is 1. The summed E-state index contributed by atoms with van der Waals surface area (Å²) >= 11 is 22.0. The average Bonchev–Trinajstić information content (AvgIpc) is 2.46. The second kappa shape index (κ2) is 8.34. The van der Waals surface area contributed by atoms with Crippen molar-refractivity contribution in [2.45, 2.75) is 9.96 Å². The predicted molar refractivity (Wildman–Crippen MR) is 92.3 cm³/mol. The Morgan fingerprint density at radius 2 is 2.13 bits per heavy atom. The maximum atomic E-state index is 11.1. The maximum Gasteiger partial charge on any atom is 0.296 e. The topological polar surface area (TPSA) is 106 Å². The van der Waals surface area contributed by atoms with Crippen molar-refractivity contribution >= 4 is 69.9 Å². The van der Waals surface area contributed by atoms with E-state index in [1.54, 1.807) is 0 Å². The number of rotatable bonds is 6. The van der Waals surface area contributed by atoms with Crippen LogP contribution in [-0.2, 0) is 4.79 Å². The molecule has 0 saturated heterocycles. The van der Waals surface area contributed by atoms with E-state index in [0.29, 0.717) is 12.2 Å². The zero-order valence-corrected chi connectivity index (χ0v) is 14.6. The minimum Gasteiger partial charge on any atom is -0.496 e. The Hall–Kier alpha value is -1.55. The highest BCUT2D eigenvalue weighted by atomic mass is 35.6. The Kier molecular flexibility index (Phi) is 7.07. The molecule has 8 nitrogen and oxygen atoms in total. The highest BCUT2D eigenvalue weighted by Gasteiger charge is 2.33. The van der Waals surface area contributed by atoms with Crippen LogP contribution in [0.4, 0.5) is 11.4 Å². The van der Waals surface area contributed by atoms with Gasteiger partial charge in [-0.2, -0.15) is 0 Å². The quantitative estimate of drug-likeness (QED) is 0.168. The van der Waals surface area contributed by atoms with Gasteiger partial charge in [-0.25, -0.2) is 0 Å². The van der Waals surface area contributed by atoms with Gasteiger partial charge < -0.3 is 20.7 Å². The second-order valence-corrected chi connectivity index (χ2v) is 6.77. The molecule has 1 atom stereocenters. The SMILES string of the molecule is COc1ccc(NC(=S)NC(NC=O)C(Cl)(Cl)Cl)c([N+](=O)[O-])c1. The summed E-state index contributed by atoms with van der Waals surface area (Å²) in [5.74, 6) is 0.308. The predicted octanol–water partition coefficient (Wildman–Crippen LogP) is 2.33. The summed E-state index contributed by atoms with van der Waals surface area (Å²) in [7, 11) is 1.38. The number of methoxy groups -OCH3 is 1. The summed E-state index contributed by atoms with van der Waals surface area (Å²) in [5.41, 5.74) is -0.162. The molecule has 0 spiro atoms. The first-order chi connectivity index (χ1) is 10.7. The van der Waals surface area contributed by atoms with Crippen LogP contribution >= 0.6 is 47.0 Å². The molecular formula is C11H11Cl3N4O4S. The molecule has 0 bridgehead atoms. The summed E-state index contributed by atoms with van der Waals surface area (Å²) in [6.45, 7) is 0. The molecule has 1 amide bonds. The van der Waals surface area contributed by atoms with Crippen LogP contribution in [0.25, 0.3) is 0 Å². The van der Waals surface area contributed by atoms with Gasteiger partial charge >= 0.3 is 0 Å². The Morgan fingerprint density at radius 3 is 2.61 bits per heavy atom. The van der Waals surface area contributed by atoms with Crippen LogP contribution in [0.2, 0.25) is 0 Å². The zero-order chi connectivity index (χ0) is 17.6. The molecule has 0 fully saturated rings. The minimum absolute atomic E-state index is 0.0936. The van der Waals surface area contributed by atoms with Gasteiger partial charge in [-0.3, -0.25) is 14.9 Å². The molecule has 3 N–H and O–H groups in total. The van der Waals surface area contributed by atoms with Crippen LogP contribution in [0.1, 0.15) is 0 Å². The fraction of sp³-hybridized carbons (Fsp3) is 0.273. The third-order valence-corrected chi connectivity index (χ3v) is 3.36. The molecule has 12 heteroatoms. The van der Waals surface area contributed by atoms with E-state index < -0.39 is 14.9 Å². The van der Waals surface area contributed by atoms with Crippen molar-refractivity contribution in [1.82, 2.24) is 10.6 Å². The van der Waals surface area contributed by atoms with Crippen molar-refractivity contribution in [3.63, 3.8) is 0 Å². The van der Waals surface area contributed by atoms with Crippen molar-refractivity contribution in [3.05, 3.63) is 28.3 Å². The molecule has 1 unspecified atom stereocenters. The number of ether oxygens (including phenoxy) is 1. The summed E-state index contributed by atoms with van der Waals surface area (Å²) in [6.07, 6.45) is -0.819. The van der Waals surface area contributed by atoms with Crippen molar-refractivity contribution < 1.29 is 14.5 Å². The Morgan fingerprint density at radius 1 is 1.48 bits per heavy atom. The molecule has 1 aromatic rings. The Bertz CT molecular complexity index is 611. The van der Waals surface area contributed by atoms with Crippen LogP contribution in [0.3, 0.4) is 0 Å². The van der Waals surface area contributed by atoms with E-state index in [2.05, 4.69) is 16.0 Å². The lowest BCUT2D eigenvalue weighted by atomic mass is 10.2. The van der Waals surface area contributed by atoms with Crippen LogP contribution in [0.5, 0.6) is 5.75 Å². The summed E-state index contributed by atoms with van der Waals surface area (Å²) in [5, 5.41) is 18.3. The highest BCUT2D eigenvalue weighted by molar-refractivity contribution is 7.80. The van der Waals surface area contributed by atoms with E-state index in [9.17, 15) is 14.9 Å². The van der Waals surface area contributed by atoms with E-state index in [1.165, 1.54) is 25.3 Å². The fourth-order valence-corrected chi connectivity index (χ4v) is 2.05. The number of anilines is 1. The molecule has 0 aliphatic rings. The van der Waals surface area contributed by atoms with Gasteiger partial charge in [-0.15, -0.1) is 0 Å². The Balaban J connectivity index is 2.92. The summed E-state index contributed by atoms with van der Waals surface area (Å²) < 4.78 is 3.03. The number of hydrogen-bond donors (Lipinski definition) is 3. The lowest BCUT2D eigenvalue weighted by molar-refractivity contribution is -0.384. The van der Waals surface area contributed by atoms with Crippen LogP contribution in [0, 0.1) is 10.1 Å². The van der Waals surface area contributed by atoms with Gasteiger partial charge in [0.25, 0.3) is 5.69 Å². The van der Waals surface area contributed by atoms with E-state index in [-0.39, 0.29) is 16.5 Å². The largest absolute Gasteiger partial charge is 0.496 e. The molecule has 0 aliphatic carbocycles. The smallest absolute Gasteiger partial charge is 0.296 e. The molecule has 1 aromatic carbocycles. The number of thiocarbonyl (C=S) groups is 1. The number of hydrogen-bond acceptors (Lipinski definition) is 5. The van der Waals surface area contributed by atoms with Gasteiger partial charge in [0.15, 0.2) is 5.11 Å². The lowest BCUT2D eigenvalue weighted by Gasteiger charge is -2.26. The third kappa shape index (κ3) is 5.87. The standard InChI is InChI=1S/C11H11Cl3N4O4S/c1-22-6-2-3-7(8(4-6)18(20)21)16-10(23)17-9(15-5-19)11(12,13)14/h2-5,9H,1H3,(H,15,19)(H2,16,17,23). The lowest BCUT2D eigenvalue weighted by Crippen LogP contribution is -2.54. The van der Waals surface area contributed by atoms with Crippen LogP contribution < -0.4 is 20.7 Å². The number of benzene rings is 1. The summed E-state index contributed by atoms with van der Waals surface area (Å²) in [6, 6.07) is 4.14. The number of amides is 1. The monoisotopic (exact) mass is 400 g/mol. The normalized spacial score (nSPS) is 12.0. The molecule has 0 radical (unpaired) electrons. The number of nitrogens with one attached hydrogen (secondary N) is 3. The molecule has 126 valence electrons. The van der Waals surface area contributed by atoms with E-state index in [4.69, 9.17) is 51.8 Å². The van der Waals surface area contributed by atoms with Crippen molar-refractivity contribution in [1.29, 1.82) is 0 Å². The van der Waals surface area contributed by atoms with Gasteiger partial charge in [0, 0.05) is 0 Å². The van der Waals surface area contributed by atoms with Crippen molar-refractivity contribution in [2.75, 3.05) is 12.4 Å². The van der Waals surface area contributed by atoms with Gasteiger partial charge in [-0.05, 0) is 24.4 Å². The average molecular weight is 402 g/mol. The van der Waals surface area contributed by atoms with Gasteiger partial charge in [0.2, 0.25) is 10.2 Å². The molecule has 0 aromatic heterocycles. The van der Waals surface area contributed by atoms with E-state index in [0.717, 1.165) is 0 Å². The number of carbonyl (C=O) groups is 1. The molecule has 1 rings (SSSR count). The summed E-state index contributed by atoms with van der Waals surface area (Å²) in [4.78, 5) is 21.0. The number of alkyl halides is 3. The van der Waals surface area contributed by atoms with E-state index in [1.807, 2.05) is 0 Å². The minimum atomic E-state index is -1.89. The Labute approximate surface area is 151 Å². The van der Waals surface area contributed by atoms with Gasteiger partial charge in [0.1, 0.15) is 17.6 Å². The molecular weight excluding hydrogens is 391 g/mol. The van der Waals surface area contributed by atoms with Gasteiger partial charge in [0.05, 0.1) is 18.1 Å². The maximum absolute atomic E-state index is 11.1. The van der Waals surface area contributed by atoms with E-state index >= 15 is 0 Å². The number of nitro groups is 1. The molecule has 23 heavy (non-hydrogen) atoms. The van der Waals surface area contributed by atoms with Crippen LogP contribution in [0.15, 0.2) is 18.2 Å². The fourth-order valence-electron chi connectivity index (χ4n) is 1.47.